The molecule has 1 aliphatic heterocycles. The third kappa shape index (κ3) is 4.82. The number of non-ortho nitro benzene ring substituents is 1. The maximum atomic E-state index is 11.0. The van der Waals surface area contributed by atoms with Crippen LogP contribution in [0.15, 0.2) is 18.2 Å². The van der Waals surface area contributed by atoms with Crippen molar-refractivity contribution in [3.8, 4) is 5.75 Å². The highest BCUT2D eigenvalue weighted by Crippen LogP contribution is 2.31. The highest BCUT2D eigenvalue weighted by Gasteiger charge is 2.34. The second kappa shape index (κ2) is 9.33. The van der Waals surface area contributed by atoms with Crippen LogP contribution >= 0.6 is 12.4 Å². The third-order valence-corrected chi connectivity index (χ3v) is 5.07. The molecule has 3 atom stereocenters. The molecule has 1 aromatic carbocycles. The van der Waals surface area contributed by atoms with Gasteiger partial charge in [-0.25, -0.2) is 0 Å². The minimum absolute atomic E-state index is 0. The highest BCUT2D eigenvalue weighted by atomic mass is 35.5. The van der Waals surface area contributed by atoms with Crippen LogP contribution < -0.4 is 15.4 Å². The fourth-order valence-electron chi connectivity index (χ4n) is 3.84. The van der Waals surface area contributed by atoms with E-state index >= 15 is 0 Å². The van der Waals surface area contributed by atoms with Crippen LogP contribution in [0.3, 0.4) is 0 Å². The molecule has 2 N–H and O–H groups in total. The van der Waals surface area contributed by atoms with Crippen molar-refractivity contribution < 1.29 is 14.4 Å². The SMILES string of the molecule is COc1ccc([N+](=O)[O-])cc1CNC1CCCC1C1COCCN1.Cl. The number of rotatable bonds is 6. The fourth-order valence-corrected chi connectivity index (χ4v) is 3.84. The van der Waals surface area contributed by atoms with Gasteiger partial charge in [-0.1, -0.05) is 6.42 Å². The van der Waals surface area contributed by atoms with Crippen LogP contribution in [0.4, 0.5) is 5.69 Å². The Morgan fingerprint density at radius 1 is 1.44 bits per heavy atom. The monoisotopic (exact) mass is 371 g/mol. The van der Waals surface area contributed by atoms with Crippen molar-refractivity contribution in [3.05, 3.63) is 33.9 Å². The summed E-state index contributed by atoms with van der Waals surface area (Å²) in [4.78, 5) is 10.6. The number of ether oxygens (including phenoxy) is 2. The Hall–Kier alpha value is -1.41. The molecule has 1 saturated carbocycles. The number of methoxy groups -OCH3 is 1. The number of benzene rings is 1. The topological polar surface area (TPSA) is 85.7 Å². The zero-order valence-corrected chi connectivity index (χ0v) is 15.2. The molecule has 3 rings (SSSR count). The van der Waals surface area contributed by atoms with E-state index in [0.29, 0.717) is 30.3 Å². The van der Waals surface area contributed by atoms with Crippen LogP contribution in [0.5, 0.6) is 5.75 Å². The summed E-state index contributed by atoms with van der Waals surface area (Å²) in [6.45, 7) is 3.03. The molecule has 3 unspecified atom stereocenters. The summed E-state index contributed by atoms with van der Waals surface area (Å²) in [5.41, 5.74) is 0.920. The van der Waals surface area contributed by atoms with E-state index in [0.717, 1.165) is 31.7 Å². The van der Waals surface area contributed by atoms with Gasteiger partial charge in [0.05, 0.1) is 25.2 Å². The summed E-state index contributed by atoms with van der Waals surface area (Å²) in [6.07, 6.45) is 3.51. The lowest BCUT2D eigenvalue weighted by atomic mass is 9.94. The first kappa shape index (κ1) is 19.9. The van der Waals surface area contributed by atoms with E-state index in [1.165, 1.54) is 18.9 Å². The molecular formula is C17H26ClN3O4. The minimum Gasteiger partial charge on any atom is -0.496 e. The van der Waals surface area contributed by atoms with Crippen LogP contribution in [0.25, 0.3) is 0 Å². The maximum Gasteiger partial charge on any atom is 0.270 e. The van der Waals surface area contributed by atoms with Crippen LogP contribution in [-0.4, -0.2) is 43.9 Å². The van der Waals surface area contributed by atoms with Gasteiger partial charge in [0.1, 0.15) is 5.75 Å². The lowest BCUT2D eigenvalue weighted by Gasteiger charge is -2.33. The zero-order valence-electron chi connectivity index (χ0n) is 14.4. The highest BCUT2D eigenvalue weighted by molar-refractivity contribution is 5.85. The number of hydrogen-bond donors (Lipinski definition) is 2. The first-order valence-corrected chi connectivity index (χ1v) is 8.55. The summed E-state index contributed by atoms with van der Waals surface area (Å²) < 4.78 is 10.9. The molecule has 0 bridgehead atoms. The Morgan fingerprint density at radius 2 is 2.28 bits per heavy atom. The number of nitro benzene ring substituents is 1. The van der Waals surface area contributed by atoms with Gasteiger partial charge in [-0.05, 0) is 24.8 Å². The Morgan fingerprint density at radius 3 is 2.96 bits per heavy atom. The lowest BCUT2D eigenvalue weighted by Crippen LogP contribution is -2.50. The van der Waals surface area contributed by atoms with Gasteiger partial charge in [-0.3, -0.25) is 10.1 Å². The summed E-state index contributed by atoms with van der Waals surface area (Å²) >= 11 is 0. The van der Waals surface area contributed by atoms with Crippen LogP contribution in [0.2, 0.25) is 0 Å². The lowest BCUT2D eigenvalue weighted by molar-refractivity contribution is -0.384. The van der Waals surface area contributed by atoms with Gasteiger partial charge in [0.15, 0.2) is 0 Å². The van der Waals surface area contributed by atoms with Crippen molar-refractivity contribution >= 4 is 18.1 Å². The normalized spacial score (nSPS) is 26.0. The Labute approximate surface area is 154 Å². The maximum absolute atomic E-state index is 11.0. The molecule has 1 aromatic rings. The zero-order chi connectivity index (χ0) is 16.9. The van der Waals surface area contributed by atoms with Gasteiger partial charge in [0.2, 0.25) is 0 Å². The minimum atomic E-state index is -0.370. The number of nitrogens with one attached hydrogen (secondary N) is 2. The summed E-state index contributed by atoms with van der Waals surface area (Å²) in [5, 5.41) is 18.1. The van der Waals surface area contributed by atoms with Crippen LogP contribution in [0, 0.1) is 16.0 Å². The molecule has 0 spiro atoms. The van der Waals surface area contributed by atoms with E-state index in [4.69, 9.17) is 9.47 Å². The average Bonchev–Trinajstić information content (AvgIpc) is 3.09. The van der Waals surface area contributed by atoms with Crippen molar-refractivity contribution in [3.63, 3.8) is 0 Å². The van der Waals surface area contributed by atoms with E-state index in [9.17, 15) is 10.1 Å². The van der Waals surface area contributed by atoms with Gasteiger partial charge in [-0.2, -0.15) is 0 Å². The molecule has 0 aromatic heterocycles. The summed E-state index contributed by atoms with van der Waals surface area (Å²) in [6, 6.07) is 5.53. The molecule has 0 radical (unpaired) electrons. The molecule has 8 heteroatoms. The van der Waals surface area contributed by atoms with Gasteiger partial charge in [0.25, 0.3) is 5.69 Å². The van der Waals surface area contributed by atoms with Gasteiger partial charge in [-0.15, -0.1) is 12.4 Å². The molecule has 0 amide bonds. The summed E-state index contributed by atoms with van der Waals surface area (Å²) in [5.74, 6) is 1.22. The molecule has 140 valence electrons. The van der Waals surface area contributed by atoms with E-state index in [1.54, 1.807) is 19.2 Å². The smallest absolute Gasteiger partial charge is 0.270 e. The molecule has 1 aliphatic carbocycles. The second-order valence-electron chi connectivity index (χ2n) is 6.47. The predicted octanol–water partition coefficient (Wildman–Crippen LogP) is 2.27. The Kier molecular flexibility index (Phi) is 7.43. The average molecular weight is 372 g/mol. The standard InChI is InChI=1S/C17H25N3O4.ClH/c1-23-17-6-5-13(20(21)22)9-12(17)10-19-15-4-2-3-14(15)16-11-24-8-7-18-16;/h5-6,9,14-16,18-19H,2-4,7-8,10-11H2,1H3;1H. The first-order valence-electron chi connectivity index (χ1n) is 8.55. The number of nitrogens with zero attached hydrogens (tertiary/aromatic N) is 1. The molecule has 2 fully saturated rings. The molecule has 2 aliphatic rings. The molecule has 1 heterocycles. The van der Waals surface area contributed by atoms with E-state index in [2.05, 4.69) is 10.6 Å². The number of nitro groups is 1. The fraction of sp³-hybridized carbons (Fsp3) is 0.647. The van der Waals surface area contributed by atoms with E-state index < -0.39 is 0 Å². The van der Waals surface area contributed by atoms with Crippen LogP contribution in [-0.2, 0) is 11.3 Å². The Balaban J connectivity index is 0.00000225. The molecule has 1 saturated heterocycles. The number of halogens is 1. The van der Waals surface area contributed by atoms with Gasteiger partial charge in [0, 0.05) is 42.9 Å². The molecule has 25 heavy (non-hydrogen) atoms. The van der Waals surface area contributed by atoms with Crippen LogP contribution in [0.1, 0.15) is 24.8 Å². The first-order chi connectivity index (χ1) is 11.7. The number of hydrogen-bond acceptors (Lipinski definition) is 6. The van der Waals surface area contributed by atoms with E-state index in [-0.39, 0.29) is 23.0 Å². The van der Waals surface area contributed by atoms with Gasteiger partial charge >= 0.3 is 0 Å². The summed E-state index contributed by atoms with van der Waals surface area (Å²) in [7, 11) is 1.59. The van der Waals surface area contributed by atoms with Crippen molar-refractivity contribution in [2.75, 3.05) is 26.9 Å². The molecular weight excluding hydrogens is 346 g/mol. The Bertz CT molecular complexity index is 581. The third-order valence-electron chi connectivity index (χ3n) is 5.07. The van der Waals surface area contributed by atoms with Crippen molar-refractivity contribution in [1.29, 1.82) is 0 Å². The van der Waals surface area contributed by atoms with Crippen molar-refractivity contribution in [2.45, 2.75) is 37.9 Å². The van der Waals surface area contributed by atoms with E-state index in [1.807, 2.05) is 0 Å². The van der Waals surface area contributed by atoms with Crippen molar-refractivity contribution in [2.24, 2.45) is 5.92 Å². The van der Waals surface area contributed by atoms with Gasteiger partial charge < -0.3 is 20.1 Å². The van der Waals surface area contributed by atoms with Crippen molar-refractivity contribution in [1.82, 2.24) is 10.6 Å². The molecule has 7 nitrogen and oxygen atoms in total. The predicted molar refractivity (Wildman–Crippen MR) is 97.5 cm³/mol. The second-order valence-corrected chi connectivity index (χ2v) is 6.47. The quantitative estimate of drug-likeness (QED) is 0.589. The largest absolute Gasteiger partial charge is 0.496 e. The number of morpholine rings is 1.